The van der Waals surface area contributed by atoms with Crippen LogP contribution in [0.2, 0.25) is 0 Å². The van der Waals surface area contributed by atoms with Gasteiger partial charge in [-0.1, -0.05) is 30.3 Å². The van der Waals surface area contributed by atoms with E-state index in [2.05, 4.69) is 20.8 Å². The summed E-state index contributed by atoms with van der Waals surface area (Å²) < 4.78 is 1.26. The number of carboxylic acids is 1. The highest BCUT2D eigenvalue weighted by atomic mass is 16.4. The molecule has 2 N–H and O–H groups in total. The van der Waals surface area contributed by atoms with E-state index in [9.17, 15) is 14.7 Å². The van der Waals surface area contributed by atoms with E-state index in [1.54, 1.807) is 30.3 Å². The Labute approximate surface area is 114 Å². The number of hydrogen-bond acceptors (Lipinski definition) is 5. The third-order valence-electron chi connectivity index (χ3n) is 2.70. The Kier molecular flexibility index (Phi) is 4.38. The van der Waals surface area contributed by atoms with Crippen molar-refractivity contribution in [3.8, 4) is 0 Å². The van der Waals surface area contributed by atoms with Crippen LogP contribution >= 0.6 is 0 Å². The quantitative estimate of drug-likeness (QED) is 0.746. The Morgan fingerprint density at radius 2 is 2.05 bits per heavy atom. The molecule has 0 saturated heterocycles. The van der Waals surface area contributed by atoms with Crippen LogP contribution in [0.25, 0.3) is 0 Å². The summed E-state index contributed by atoms with van der Waals surface area (Å²) >= 11 is 0. The van der Waals surface area contributed by atoms with Gasteiger partial charge in [0.2, 0.25) is 5.91 Å². The second kappa shape index (κ2) is 6.41. The SMILES string of the molecule is O=C(Cn1cnnn1)NCC(C(=O)O)c1ccccc1. The summed E-state index contributed by atoms with van der Waals surface area (Å²) in [6, 6.07) is 8.75. The molecule has 0 radical (unpaired) electrons. The molecule has 2 rings (SSSR count). The van der Waals surface area contributed by atoms with Crippen molar-refractivity contribution in [2.75, 3.05) is 6.54 Å². The van der Waals surface area contributed by atoms with Crippen molar-refractivity contribution in [1.29, 1.82) is 0 Å². The summed E-state index contributed by atoms with van der Waals surface area (Å²) in [5.41, 5.74) is 0.641. The summed E-state index contributed by atoms with van der Waals surface area (Å²) in [6.45, 7) is -0.0333. The highest BCUT2D eigenvalue weighted by molar-refractivity contribution is 5.79. The van der Waals surface area contributed by atoms with Crippen LogP contribution in [-0.4, -0.2) is 43.7 Å². The fourth-order valence-electron chi connectivity index (χ4n) is 1.70. The molecule has 1 aromatic carbocycles. The zero-order valence-corrected chi connectivity index (χ0v) is 10.5. The van der Waals surface area contributed by atoms with Crippen molar-refractivity contribution < 1.29 is 14.7 Å². The minimum atomic E-state index is -0.987. The third kappa shape index (κ3) is 3.61. The first-order valence-corrected chi connectivity index (χ1v) is 5.92. The smallest absolute Gasteiger partial charge is 0.312 e. The lowest BCUT2D eigenvalue weighted by atomic mass is 9.99. The van der Waals surface area contributed by atoms with Crippen molar-refractivity contribution in [3.63, 3.8) is 0 Å². The molecule has 1 amide bonds. The lowest BCUT2D eigenvalue weighted by molar-refractivity contribution is -0.138. The number of amides is 1. The molecule has 0 aliphatic carbocycles. The van der Waals surface area contributed by atoms with Gasteiger partial charge in [0.15, 0.2) is 0 Å². The maximum absolute atomic E-state index is 11.6. The van der Waals surface area contributed by atoms with Gasteiger partial charge in [0.1, 0.15) is 12.9 Å². The third-order valence-corrected chi connectivity index (χ3v) is 2.70. The van der Waals surface area contributed by atoms with Gasteiger partial charge in [-0.25, -0.2) is 4.68 Å². The van der Waals surface area contributed by atoms with Crippen molar-refractivity contribution in [2.24, 2.45) is 0 Å². The number of nitrogens with zero attached hydrogens (tertiary/aromatic N) is 4. The number of aliphatic carboxylic acids is 1. The highest BCUT2D eigenvalue weighted by Gasteiger charge is 2.20. The van der Waals surface area contributed by atoms with Gasteiger partial charge in [-0.2, -0.15) is 0 Å². The second-order valence-corrected chi connectivity index (χ2v) is 4.11. The van der Waals surface area contributed by atoms with Gasteiger partial charge in [-0.3, -0.25) is 9.59 Å². The van der Waals surface area contributed by atoms with Crippen LogP contribution in [-0.2, 0) is 16.1 Å². The second-order valence-electron chi connectivity index (χ2n) is 4.11. The predicted octanol–water partition coefficient (Wildman–Crippen LogP) is -0.342. The van der Waals surface area contributed by atoms with Crippen molar-refractivity contribution in [1.82, 2.24) is 25.5 Å². The summed E-state index contributed by atoms with van der Waals surface area (Å²) in [5, 5.41) is 22.1. The number of benzene rings is 1. The molecule has 1 unspecified atom stereocenters. The number of carbonyl (C=O) groups is 2. The van der Waals surface area contributed by atoms with E-state index in [-0.39, 0.29) is 19.0 Å². The number of carbonyl (C=O) groups excluding carboxylic acids is 1. The van der Waals surface area contributed by atoms with E-state index >= 15 is 0 Å². The van der Waals surface area contributed by atoms with Crippen molar-refractivity contribution in [2.45, 2.75) is 12.5 Å². The number of nitrogens with one attached hydrogen (secondary N) is 1. The monoisotopic (exact) mass is 275 g/mol. The first-order chi connectivity index (χ1) is 9.66. The average molecular weight is 275 g/mol. The molecule has 0 fully saturated rings. The minimum Gasteiger partial charge on any atom is -0.481 e. The van der Waals surface area contributed by atoms with Gasteiger partial charge < -0.3 is 10.4 Å². The molecular weight excluding hydrogens is 262 g/mol. The normalized spacial score (nSPS) is 11.8. The van der Waals surface area contributed by atoms with E-state index in [4.69, 9.17) is 0 Å². The summed E-state index contributed by atoms with van der Waals surface area (Å²) in [4.78, 5) is 22.9. The Hall–Kier alpha value is -2.77. The molecule has 1 aromatic heterocycles. The molecular formula is C12H13N5O3. The molecule has 0 aliphatic heterocycles. The molecule has 20 heavy (non-hydrogen) atoms. The lowest BCUT2D eigenvalue weighted by Gasteiger charge is -2.13. The molecule has 8 heteroatoms. The van der Waals surface area contributed by atoms with Crippen LogP contribution in [0.5, 0.6) is 0 Å². The zero-order valence-electron chi connectivity index (χ0n) is 10.5. The van der Waals surface area contributed by atoms with Crippen LogP contribution in [0.1, 0.15) is 11.5 Å². The van der Waals surface area contributed by atoms with Crippen LogP contribution < -0.4 is 5.32 Å². The van der Waals surface area contributed by atoms with Gasteiger partial charge in [0.25, 0.3) is 0 Å². The number of rotatable bonds is 6. The van der Waals surface area contributed by atoms with Crippen LogP contribution in [0, 0.1) is 0 Å². The van der Waals surface area contributed by atoms with Gasteiger partial charge in [-0.05, 0) is 16.0 Å². The van der Waals surface area contributed by atoms with Crippen molar-refractivity contribution >= 4 is 11.9 Å². The maximum Gasteiger partial charge on any atom is 0.312 e. The van der Waals surface area contributed by atoms with E-state index in [0.29, 0.717) is 5.56 Å². The standard InChI is InChI=1S/C12H13N5O3/c18-11(7-17-8-14-15-16-17)13-6-10(12(19)20)9-4-2-1-3-5-9/h1-5,8,10H,6-7H2,(H,13,18)(H,19,20). The largest absolute Gasteiger partial charge is 0.481 e. The highest BCUT2D eigenvalue weighted by Crippen LogP contribution is 2.14. The first kappa shape index (κ1) is 13.7. The van der Waals surface area contributed by atoms with E-state index in [1.165, 1.54) is 11.0 Å². The Balaban J connectivity index is 1.93. The van der Waals surface area contributed by atoms with Crippen molar-refractivity contribution in [3.05, 3.63) is 42.2 Å². The average Bonchev–Trinajstić information content (AvgIpc) is 2.92. The number of aromatic nitrogens is 4. The molecule has 0 spiro atoms. The van der Waals surface area contributed by atoms with E-state index in [0.717, 1.165) is 0 Å². The predicted molar refractivity (Wildman–Crippen MR) is 67.6 cm³/mol. The van der Waals surface area contributed by atoms with Crippen LogP contribution in [0.4, 0.5) is 0 Å². The fraction of sp³-hybridized carbons (Fsp3) is 0.250. The topological polar surface area (TPSA) is 110 Å². The lowest BCUT2D eigenvalue weighted by Crippen LogP contribution is -2.34. The molecule has 0 saturated carbocycles. The molecule has 0 aliphatic rings. The summed E-state index contributed by atoms with van der Waals surface area (Å²) in [6.07, 6.45) is 1.31. The number of carboxylic acid groups (broad SMARTS) is 1. The van der Waals surface area contributed by atoms with Gasteiger partial charge in [0, 0.05) is 6.54 Å². The zero-order chi connectivity index (χ0) is 14.4. The Bertz CT molecular complexity index is 570. The number of hydrogen-bond donors (Lipinski definition) is 2. The Morgan fingerprint density at radius 3 is 2.65 bits per heavy atom. The molecule has 1 heterocycles. The van der Waals surface area contributed by atoms with E-state index in [1.807, 2.05) is 0 Å². The number of tetrazole rings is 1. The summed E-state index contributed by atoms with van der Waals surface area (Å²) in [7, 11) is 0. The first-order valence-electron chi connectivity index (χ1n) is 5.92. The van der Waals surface area contributed by atoms with Gasteiger partial charge >= 0.3 is 5.97 Å². The summed E-state index contributed by atoms with van der Waals surface area (Å²) in [5.74, 6) is -2.12. The van der Waals surface area contributed by atoms with Crippen LogP contribution in [0.15, 0.2) is 36.7 Å². The molecule has 104 valence electrons. The van der Waals surface area contributed by atoms with Gasteiger partial charge in [0.05, 0.1) is 5.92 Å². The molecule has 8 nitrogen and oxygen atoms in total. The maximum atomic E-state index is 11.6. The van der Waals surface area contributed by atoms with Crippen LogP contribution in [0.3, 0.4) is 0 Å². The van der Waals surface area contributed by atoms with Gasteiger partial charge in [-0.15, -0.1) is 5.10 Å². The minimum absolute atomic E-state index is 0.0142. The molecule has 0 bridgehead atoms. The fourth-order valence-corrected chi connectivity index (χ4v) is 1.70. The Morgan fingerprint density at radius 1 is 1.30 bits per heavy atom. The molecule has 1 atom stereocenters. The molecule has 2 aromatic rings. The van der Waals surface area contributed by atoms with E-state index < -0.39 is 11.9 Å².